The maximum absolute atomic E-state index is 12.2. The van der Waals surface area contributed by atoms with Gasteiger partial charge in [-0.05, 0) is 34.8 Å². The van der Waals surface area contributed by atoms with E-state index >= 15 is 0 Å². The van der Waals surface area contributed by atoms with Crippen LogP contribution in [0.5, 0.6) is 0 Å². The van der Waals surface area contributed by atoms with Gasteiger partial charge in [-0.3, -0.25) is 4.90 Å². The van der Waals surface area contributed by atoms with Crippen LogP contribution in [0.15, 0.2) is 4.60 Å². The summed E-state index contributed by atoms with van der Waals surface area (Å²) < 4.78 is 41.4. The molecular formula is C25H43BrF3N5O3. The molecule has 1 aromatic heterocycles. The molecular weight excluding hydrogens is 555 g/mol. The number of morpholine rings is 1. The molecule has 0 radical (unpaired) electrons. The Morgan fingerprint density at radius 1 is 1.11 bits per heavy atom. The van der Waals surface area contributed by atoms with Gasteiger partial charge in [-0.2, -0.15) is 13.2 Å². The van der Waals surface area contributed by atoms with Crippen LogP contribution in [0.1, 0.15) is 88.3 Å². The van der Waals surface area contributed by atoms with Gasteiger partial charge in [0.25, 0.3) is 0 Å². The number of anilines is 1. The molecule has 1 aromatic rings. The number of halogens is 4. The first-order valence-corrected chi connectivity index (χ1v) is 13.9. The van der Waals surface area contributed by atoms with Gasteiger partial charge >= 0.3 is 12.1 Å². The summed E-state index contributed by atoms with van der Waals surface area (Å²) in [6.07, 6.45) is 6.48. The zero-order chi connectivity index (χ0) is 27.8. The van der Waals surface area contributed by atoms with Crippen molar-refractivity contribution in [1.82, 2.24) is 20.2 Å². The first kappa shape index (κ1) is 33.5. The molecule has 214 valence electrons. The van der Waals surface area contributed by atoms with Crippen molar-refractivity contribution in [3.05, 3.63) is 16.0 Å². The van der Waals surface area contributed by atoms with E-state index in [9.17, 15) is 18.0 Å². The van der Waals surface area contributed by atoms with E-state index in [1.54, 1.807) is 0 Å². The first-order valence-electron chi connectivity index (χ1n) is 13.1. The topological polar surface area (TPSA) is 114 Å². The Bertz CT molecular complexity index is 794. The fourth-order valence-electron chi connectivity index (χ4n) is 4.10. The molecule has 2 heterocycles. The number of nitrogens with one attached hydrogen (secondary N) is 1. The molecule has 12 heteroatoms. The summed E-state index contributed by atoms with van der Waals surface area (Å²) >= 11 is 2.47. The van der Waals surface area contributed by atoms with Crippen molar-refractivity contribution in [2.75, 3.05) is 45.1 Å². The summed E-state index contributed by atoms with van der Waals surface area (Å²) in [5.74, 6) is -1.61. The second-order valence-electron chi connectivity index (χ2n) is 9.54. The Hall–Kier alpha value is -1.50. The Balaban J connectivity index is 0.000000397. The van der Waals surface area contributed by atoms with Crippen molar-refractivity contribution in [1.29, 1.82) is 0 Å². The van der Waals surface area contributed by atoms with Crippen molar-refractivity contribution in [3.8, 4) is 0 Å². The van der Waals surface area contributed by atoms with E-state index in [-0.39, 0.29) is 0 Å². The van der Waals surface area contributed by atoms with Gasteiger partial charge < -0.3 is 20.9 Å². The Kier molecular flexibility index (Phi) is 16.2. The highest BCUT2D eigenvalue weighted by Gasteiger charge is 2.37. The third kappa shape index (κ3) is 13.2. The number of ether oxygens (including phenoxy) is 1. The lowest BCUT2D eigenvalue weighted by Crippen LogP contribution is -2.50. The summed E-state index contributed by atoms with van der Waals surface area (Å²) in [4.78, 5) is 19.1. The van der Waals surface area contributed by atoms with E-state index in [1.165, 1.54) is 57.9 Å². The van der Waals surface area contributed by atoms with Gasteiger partial charge in [0.2, 0.25) is 0 Å². The van der Waals surface area contributed by atoms with Crippen LogP contribution in [0, 0.1) is 5.92 Å². The van der Waals surface area contributed by atoms with Crippen LogP contribution in [0.25, 0.3) is 0 Å². The molecule has 1 atom stereocenters. The lowest BCUT2D eigenvalue weighted by atomic mass is 10.0. The summed E-state index contributed by atoms with van der Waals surface area (Å²) in [7, 11) is 0. The number of hydrogen-bond acceptors (Lipinski definition) is 7. The first-order chi connectivity index (χ1) is 17.5. The zero-order valence-electron chi connectivity index (χ0n) is 22.2. The molecule has 37 heavy (non-hydrogen) atoms. The number of aromatic nitrogens is 2. The van der Waals surface area contributed by atoms with Gasteiger partial charge in [-0.1, -0.05) is 65.7 Å². The third-order valence-electron chi connectivity index (χ3n) is 6.20. The summed E-state index contributed by atoms with van der Waals surface area (Å²) in [5, 5.41) is 12.2. The number of rotatable bonds is 14. The van der Waals surface area contributed by atoms with E-state index in [4.69, 9.17) is 15.6 Å². The van der Waals surface area contributed by atoms with Crippen molar-refractivity contribution in [2.45, 2.75) is 84.4 Å². The van der Waals surface area contributed by atoms with Crippen molar-refractivity contribution in [2.24, 2.45) is 5.92 Å². The van der Waals surface area contributed by atoms with Crippen LogP contribution in [0.2, 0.25) is 0 Å². The van der Waals surface area contributed by atoms with Crippen LogP contribution in [-0.4, -0.2) is 71.4 Å². The van der Waals surface area contributed by atoms with Gasteiger partial charge in [0.05, 0.1) is 13.2 Å². The van der Waals surface area contributed by atoms with E-state index in [0.717, 1.165) is 32.8 Å². The zero-order valence-corrected chi connectivity index (χ0v) is 23.8. The van der Waals surface area contributed by atoms with Gasteiger partial charge in [0.1, 0.15) is 4.60 Å². The number of unbranched alkanes of at least 4 members (excludes halogenated alkanes) is 7. The number of carbonyl (C=O) groups is 1. The average molecular weight is 599 g/mol. The Morgan fingerprint density at radius 3 is 2.19 bits per heavy atom. The lowest BCUT2D eigenvalue weighted by Gasteiger charge is -2.37. The number of carboxylic acids is 1. The number of nitrogen functional groups attached to an aromatic ring is 1. The molecule has 1 aliphatic rings. The van der Waals surface area contributed by atoms with Crippen molar-refractivity contribution >= 4 is 27.7 Å². The van der Waals surface area contributed by atoms with Gasteiger partial charge in [-0.25, -0.2) is 14.8 Å². The van der Waals surface area contributed by atoms with Crippen LogP contribution >= 0.6 is 15.9 Å². The number of nitrogens with zero attached hydrogens (tertiary/aromatic N) is 3. The molecule has 0 aromatic carbocycles. The quantitative estimate of drug-likeness (QED) is 0.237. The number of carboxylic acid groups (broad SMARTS) is 1. The molecule has 0 bridgehead atoms. The number of nitrogens with two attached hydrogens (primary N) is 1. The normalized spacial score (nSPS) is 15.4. The van der Waals surface area contributed by atoms with Gasteiger partial charge in [-0.15, -0.1) is 0 Å². The third-order valence-corrected chi connectivity index (χ3v) is 6.75. The molecule has 0 aliphatic carbocycles. The van der Waals surface area contributed by atoms with E-state index in [1.807, 2.05) is 0 Å². The fraction of sp³-hybridized carbons (Fsp3) is 0.800. The minimum absolute atomic E-state index is 0.665. The van der Waals surface area contributed by atoms with Crippen LogP contribution < -0.4 is 11.1 Å². The highest BCUT2D eigenvalue weighted by molar-refractivity contribution is 9.10. The van der Waals surface area contributed by atoms with Crippen molar-refractivity contribution in [3.63, 3.8) is 0 Å². The molecule has 8 nitrogen and oxygen atoms in total. The number of alkyl halides is 3. The monoisotopic (exact) mass is 597 g/mol. The molecule has 1 aliphatic heterocycles. The predicted molar refractivity (Wildman–Crippen MR) is 143 cm³/mol. The standard InChI is InChI=1S/C19H40N2O.C6H3BrF3N3O2/c1-4-5-6-7-8-9-10-11-12-20-17-19(18(2)3)21-13-15-22-16-14-21;7-3-2(6(8,9)10)13-4(11)1(12-3)5(14)15/h18-20H,4-17H2,1-3H3;(H2,11,13)(H,14,15). The molecule has 1 unspecified atom stereocenters. The summed E-state index contributed by atoms with van der Waals surface area (Å²) in [5.41, 5.74) is 2.93. The van der Waals surface area contributed by atoms with Crippen LogP contribution in [0.4, 0.5) is 19.0 Å². The van der Waals surface area contributed by atoms with E-state index < -0.39 is 34.0 Å². The number of aromatic carboxylic acids is 1. The fourth-order valence-corrected chi connectivity index (χ4v) is 4.59. The SMILES string of the molecule is CCCCCCCCCCNCC(C(C)C)N1CCOCC1.Nc1nc(C(F)(F)F)c(Br)nc1C(=O)O. The maximum atomic E-state index is 12.2. The smallest absolute Gasteiger partial charge is 0.436 e. The highest BCUT2D eigenvalue weighted by atomic mass is 79.9. The predicted octanol–water partition coefficient (Wildman–Crippen LogP) is 5.61. The molecule has 1 saturated heterocycles. The van der Waals surface area contributed by atoms with Crippen molar-refractivity contribution < 1.29 is 27.8 Å². The molecule has 2 rings (SSSR count). The molecule has 0 saturated carbocycles. The average Bonchev–Trinajstić information content (AvgIpc) is 2.83. The number of hydrogen-bond donors (Lipinski definition) is 3. The molecule has 0 amide bonds. The van der Waals surface area contributed by atoms with Gasteiger partial charge in [0, 0.05) is 25.7 Å². The second-order valence-corrected chi connectivity index (χ2v) is 10.3. The highest BCUT2D eigenvalue weighted by Crippen LogP contribution is 2.33. The second kappa shape index (κ2) is 17.9. The lowest BCUT2D eigenvalue weighted by molar-refractivity contribution is -0.142. The van der Waals surface area contributed by atoms with Crippen LogP contribution in [0.3, 0.4) is 0 Å². The Labute approximate surface area is 227 Å². The maximum Gasteiger partial charge on any atom is 0.436 e. The molecule has 4 N–H and O–H groups in total. The van der Waals surface area contributed by atoms with Gasteiger partial charge in [0.15, 0.2) is 17.2 Å². The largest absolute Gasteiger partial charge is 0.476 e. The van der Waals surface area contributed by atoms with E-state index in [2.05, 4.69) is 56.9 Å². The molecule has 0 spiro atoms. The summed E-state index contributed by atoms with van der Waals surface area (Å²) in [6, 6.07) is 0.665. The minimum Gasteiger partial charge on any atom is -0.476 e. The van der Waals surface area contributed by atoms with Crippen LogP contribution in [-0.2, 0) is 10.9 Å². The molecule has 1 fully saturated rings. The Morgan fingerprint density at radius 2 is 1.68 bits per heavy atom. The minimum atomic E-state index is -4.74. The summed E-state index contributed by atoms with van der Waals surface area (Å²) in [6.45, 7) is 13.3. The van der Waals surface area contributed by atoms with E-state index in [0.29, 0.717) is 12.0 Å².